The van der Waals surface area contributed by atoms with E-state index in [1.54, 1.807) is 6.92 Å². The van der Waals surface area contributed by atoms with Crippen molar-refractivity contribution in [1.82, 2.24) is 0 Å². The third-order valence-electron chi connectivity index (χ3n) is 2.00. The lowest BCUT2D eigenvalue weighted by molar-refractivity contribution is -0.144. The molecule has 0 heterocycles. The maximum absolute atomic E-state index is 11.3. The van der Waals surface area contributed by atoms with E-state index in [0.717, 1.165) is 0 Å². The third kappa shape index (κ3) is 4.77. The molecule has 90 valence electrons. The predicted octanol–water partition coefficient (Wildman–Crippen LogP) is 2.16. The summed E-state index contributed by atoms with van der Waals surface area (Å²) in [5.41, 5.74) is 0.459. The lowest BCUT2D eigenvalue weighted by Gasteiger charge is -2.18. The van der Waals surface area contributed by atoms with Crippen molar-refractivity contribution >= 4 is 11.9 Å². The second kappa shape index (κ2) is 6.10. The number of hydrogen-bond donors (Lipinski definition) is 1. The lowest BCUT2D eigenvalue weighted by Crippen LogP contribution is -2.23. The summed E-state index contributed by atoms with van der Waals surface area (Å²) in [7, 11) is 0. The Morgan fingerprint density at radius 2 is 1.81 bits per heavy atom. The Labute approximate surface area is 95.6 Å². The van der Waals surface area contributed by atoms with Gasteiger partial charge >= 0.3 is 11.9 Å². The molecule has 0 bridgehead atoms. The number of aliphatic carboxylic acids is 1. The molecular formula is C12H18O4. The van der Waals surface area contributed by atoms with E-state index in [1.807, 2.05) is 13.8 Å². The van der Waals surface area contributed by atoms with Gasteiger partial charge in [0.15, 0.2) is 0 Å². The first-order valence-electron chi connectivity index (χ1n) is 5.04. The highest BCUT2D eigenvalue weighted by Crippen LogP contribution is 2.12. The van der Waals surface area contributed by atoms with Gasteiger partial charge < -0.3 is 9.84 Å². The van der Waals surface area contributed by atoms with Crippen molar-refractivity contribution in [1.29, 1.82) is 0 Å². The fourth-order valence-corrected chi connectivity index (χ4v) is 0.904. The number of carboxylic acid groups (broad SMARTS) is 1. The van der Waals surface area contributed by atoms with Crippen LogP contribution in [0.2, 0.25) is 0 Å². The van der Waals surface area contributed by atoms with Gasteiger partial charge in [-0.25, -0.2) is 9.59 Å². The molecule has 0 aromatic rings. The molecule has 1 unspecified atom stereocenters. The molecule has 0 aliphatic carbocycles. The number of esters is 1. The molecule has 0 aromatic heterocycles. The summed E-state index contributed by atoms with van der Waals surface area (Å²) in [5.74, 6) is -1.51. The Balaban J connectivity index is 4.77. The molecule has 4 nitrogen and oxygen atoms in total. The zero-order valence-corrected chi connectivity index (χ0v) is 10.1. The van der Waals surface area contributed by atoms with Crippen molar-refractivity contribution in [2.24, 2.45) is 5.92 Å². The summed E-state index contributed by atoms with van der Waals surface area (Å²) >= 11 is 0. The molecule has 1 N–H and O–H groups in total. The van der Waals surface area contributed by atoms with Crippen LogP contribution in [0.15, 0.2) is 23.8 Å². The van der Waals surface area contributed by atoms with Crippen LogP contribution in [-0.4, -0.2) is 23.1 Å². The number of rotatable bonds is 5. The first kappa shape index (κ1) is 14.4. The molecule has 0 amide bonds. The fraction of sp³-hybridized carbons (Fsp3) is 0.500. The molecule has 0 radical (unpaired) electrons. The minimum Gasteiger partial charge on any atom is -0.478 e. The van der Waals surface area contributed by atoms with Crippen molar-refractivity contribution < 1.29 is 19.4 Å². The van der Waals surface area contributed by atoms with Gasteiger partial charge in [0.25, 0.3) is 0 Å². The summed E-state index contributed by atoms with van der Waals surface area (Å²) < 4.78 is 5.12. The molecule has 0 aromatic carbocycles. The summed E-state index contributed by atoms with van der Waals surface area (Å²) in [4.78, 5) is 22.0. The average molecular weight is 226 g/mol. The number of carbonyl (C=O) groups excluding carboxylic acids is 1. The number of carbonyl (C=O) groups is 2. The van der Waals surface area contributed by atoms with Gasteiger partial charge in [0, 0.05) is 11.1 Å². The summed E-state index contributed by atoms with van der Waals surface area (Å²) in [6, 6.07) is 0. The quantitative estimate of drug-likeness (QED) is 0.576. The Kier molecular flexibility index (Phi) is 5.50. The Bertz CT molecular complexity index is 326. The first-order valence-corrected chi connectivity index (χ1v) is 5.04. The van der Waals surface area contributed by atoms with Crippen LogP contribution in [0.3, 0.4) is 0 Å². The first-order chi connectivity index (χ1) is 7.25. The highest BCUT2D eigenvalue weighted by molar-refractivity contribution is 5.88. The molecule has 4 heteroatoms. The summed E-state index contributed by atoms with van der Waals surface area (Å²) in [6.45, 7) is 10.2. The van der Waals surface area contributed by atoms with Gasteiger partial charge in [-0.05, 0) is 25.8 Å². The summed E-state index contributed by atoms with van der Waals surface area (Å²) in [5, 5.41) is 8.73. The Hall–Kier alpha value is -1.58. The van der Waals surface area contributed by atoms with Gasteiger partial charge in [-0.1, -0.05) is 20.4 Å². The monoisotopic (exact) mass is 226 g/mol. The predicted molar refractivity (Wildman–Crippen MR) is 60.9 cm³/mol. The zero-order chi connectivity index (χ0) is 12.9. The largest absolute Gasteiger partial charge is 0.478 e. The lowest BCUT2D eigenvalue weighted by atomic mass is 10.0. The van der Waals surface area contributed by atoms with Gasteiger partial charge in [0.05, 0.1) is 0 Å². The van der Waals surface area contributed by atoms with E-state index in [-0.39, 0.29) is 11.5 Å². The molecule has 0 aliphatic rings. The van der Waals surface area contributed by atoms with E-state index in [0.29, 0.717) is 5.57 Å². The minimum atomic E-state index is -1.02. The molecule has 0 spiro atoms. The van der Waals surface area contributed by atoms with Crippen LogP contribution < -0.4 is 0 Å². The van der Waals surface area contributed by atoms with Crippen LogP contribution in [0.5, 0.6) is 0 Å². The highest BCUT2D eigenvalue weighted by atomic mass is 16.5. The van der Waals surface area contributed by atoms with E-state index >= 15 is 0 Å². The van der Waals surface area contributed by atoms with Crippen LogP contribution >= 0.6 is 0 Å². The number of hydrogen-bond acceptors (Lipinski definition) is 3. The van der Waals surface area contributed by atoms with Crippen LogP contribution in [0, 0.1) is 5.92 Å². The molecule has 0 fully saturated rings. The van der Waals surface area contributed by atoms with Gasteiger partial charge in [0.1, 0.15) is 6.10 Å². The molecule has 0 aliphatic heterocycles. The number of ether oxygens (including phenoxy) is 1. The van der Waals surface area contributed by atoms with Gasteiger partial charge in [-0.3, -0.25) is 0 Å². The average Bonchev–Trinajstić information content (AvgIpc) is 2.15. The topological polar surface area (TPSA) is 63.6 Å². The van der Waals surface area contributed by atoms with Gasteiger partial charge in [-0.15, -0.1) is 0 Å². The van der Waals surface area contributed by atoms with E-state index in [4.69, 9.17) is 9.84 Å². The molecule has 0 saturated heterocycles. The van der Waals surface area contributed by atoms with Crippen molar-refractivity contribution in [3.05, 3.63) is 23.8 Å². The van der Waals surface area contributed by atoms with E-state index < -0.39 is 18.0 Å². The standard InChI is InChI=1S/C12H18O4/c1-7(2)10(6-9(5)11(13)14)16-12(15)8(3)4/h6-7,10H,3H2,1-2,4-5H3,(H,13,14). The smallest absolute Gasteiger partial charge is 0.333 e. The zero-order valence-electron chi connectivity index (χ0n) is 10.1. The number of carboxylic acids is 1. The maximum Gasteiger partial charge on any atom is 0.333 e. The molecule has 0 saturated carbocycles. The molecular weight excluding hydrogens is 208 g/mol. The normalized spacial score (nSPS) is 13.4. The third-order valence-corrected chi connectivity index (χ3v) is 2.00. The van der Waals surface area contributed by atoms with E-state index in [1.165, 1.54) is 13.0 Å². The van der Waals surface area contributed by atoms with Gasteiger partial charge in [-0.2, -0.15) is 0 Å². The van der Waals surface area contributed by atoms with Crippen LogP contribution in [-0.2, 0) is 14.3 Å². The highest BCUT2D eigenvalue weighted by Gasteiger charge is 2.17. The minimum absolute atomic E-state index is 0.0117. The van der Waals surface area contributed by atoms with Crippen molar-refractivity contribution in [2.75, 3.05) is 0 Å². The Morgan fingerprint density at radius 3 is 2.12 bits per heavy atom. The van der Waals surface area contributed by atoms with E-state index in [2.05, 4.69) is 6.58 Å². The maximum atomic E-state index is 11.3. The second-order valence-corrected chi connectivity index (χ2v) is 4.05. The van der Waals surface area contributed by atoms with Crippen LogP contribution in [0.1, 0.15) is 27.7 Å². The van der Waals surface area contributed by atoms with E-state index in [9.17, 15) is 9.59 Å². The molecule has 0 rings (SSSR count). The van der Waals surface area contributed by atoms with Crippen molar-refractivity contribution in [2.45, 2.75) is 33.8 Å². The summed E-state index contributed by atoms with van der Waals surface area (Å²) in [6.07, 6.45) is 0.897. The van der Waals surface area contributed by atoms with Crippen LogP contribution in [0.25, 0.3) is 0 Å². The Morgan fingerprint density at radius 1 is 1.31 bits per heavy atom. The fourth-order valence-electron chi connectivity index (χ4n) is 0.904. The van der Waals surface area contributed by atoms with Crippen molar-refractivity contribution in [3.8, 4) is 0 Å². The molecule has 1 atom stereocenters. The second-order valence-electron chi connectivity index (χ2n) is 4.05. The van der Waals surface area contributed by atoms with Gasteiger partial charge in [0.2, 0.25) is 0 Å². The van der Waals surface area contributed by atoms with Crippen molar-refractivity contribution in [3.63, 3.8) is 0 Å². The van der Waals surface area contributed by atoms with Crippen LogP contribution in [0.4, 0.5) is 0 Å². The SMILES string of the molecule is C=C(C)C(=O)OC(C=C(C)C(=O)O)C(C)C. The molecule has 16 heavy (non-hydrogen) atoms.